The van der Waals surface area contributed by atoms with E-state index in [1.165, 1.54) is 0 Å². The molecule has 0 spiro atoms. The Labute approximate surface area is 70.6 Å². The molecule has 12 heavy (non-hydrogen) atoms. The number of hydrogen-bond acceptors (Lipinski definition) is 3. The molecular weight excluding hydrogens is 156 g/mol. The van der Waals surface area contributed by atoms with Crippen LogP contribution in [0, 0.1) is 6.92 Å². The summed E-state index contributed by atoms with van der Waals surface area (Å²) < 4.78 is 4.94. The molecule has 1 rings (SSSR count). The molecular formula is C9H9O3-. The molecule has 0 bridgehead atoms. The van der Waals surface area contributed by atoms with Gasteiger partial charge in [-0.3, -0.25) is 0 Å². The molecule has 0 aliphatic rings. The number of aliphatic carboxylic acids is 1. The molecule has 0 unspecified atom stereocenters. The van der Waals surface area contributed by atoms with Crippen LogP contribution in [-0.2, 0) is 4.79 Å². The molecule has 0 amide bonds. The Kier molecular flexibility index (Phi) is 2.69. The predicted molar refractivity (Wildman–Crippen MR) is 41.7 cm³/mol. The number of carbonyl (C=O) groups is 1. The summed E-state index contributed by atoms with van der Waals surface area (Å²) in [6.45, 7) is 1.45. The van der Waals surface area contributed by atoms with Crippen molar-refractivity contribution < 1.29 is 14.6 Å². The summed E-state index contributed by atoms with van der Waals surface area (Å²) in [5.74, 6) is -0.625. The van der Waals surface area contributed by atoms with Crippen LogP contribution < -0.4 is 9.84 Å². The van der Waals surface area contributed by atoms with E-state index < -0.39 is 12.6 Å². The molecule has 3 heteroatoms. The van der Waals surface area contributed by atoms with Gasteiger partial charge < -0.3 is 14.6 Å². The van der Waals surface area contributed by atoms with E-state index in [4.69, 9.17) is 4.74 Å². The van der Waals surface area contributed by atoms with Gasteiger partial charge in [-0.25, -0.2) is 0 Å². The van der Waals surface area contributed by atoms with Gasteiger partial charge >= 0.3 is 0 Å². The summed E-state index contributed by atoms with van der Waals surface area (Å²) in [5.41, 5.74) is 0.916. The zero-order valence-corrected chi connectivity index (χ0v) is 6.74. The van der Waals surface area contributed by atoms with Gasteiger partial charge in [-0.05, 0) is 18.6 Å². The Hall–Kier alpha value is -1.51. The molecule has 1 aromatic rings. The van der Waals surface area contributed by atoms with Crippen LogP contribution in [-0.4, -0.2) is 12.6 Å². The van der Waals surface area contributed by atoms with Gasteiger partial charge in [0.15, 0.2) is 0 Å². The Morgan fingerprint density at radius 3 is 2.75 bits per heavy atom. The van der Waals surface area contributed by atoms with Gasteiger partial charge in [-0.2, -0.15) is 0 Å². The molecule has 0 saturated carbocycles. The molecule has 0 fully saturated rings. The lowest BCUT2D eigenvalue weighted by Crippen LogP contribution is -2.29. The first-order chi connectivity index (χ1) is 5.70. The molecule has 3 nitrogen and oxygen atoms in total. The van der Waals surface area contributed by atoms with Crippen molar-refractivity contribution in [3.05, 3.63) is 29.8 Å². The highest BCUT2D eigenvalue weighted by Crippen LogP contribution is 2.15. The normalized spacial score (nSPS) is 9.42. The summed E-state index contributed by atoms with van der Waals surface area (Å²) >= 11 is 0. The van der Waals surface area contributed by atoms with Gasteiger partial charge in [0.25, 0.3) is 0 Å². The fourth-order valence-electron chi connectivity index (χ4n) is 0.855. The van der Waals surface area contributed by atoms with Crippen LogP contribution in [0.15, 0.2) is 24.3 Å². The maximum absolute atomic E-state index is 10.0. The summed E-state index contributed by atoms with van der Waals surface area (Å²) in [6, 6.07) is 7.22. The fourth-order valence-corrected chi connectivity index (χ4v) is 0.855. The Morgan fingerprint density at radius 2 is 2.17 bits per heavy atom. The minimum atomic E-state index is -1.21. The molecule has 64 valence electrons. The quantitative estimate of drug-likeness (QED) is 0.639. The summed E-state index contributed by atoms with van der Waals surface area (Å²) in [6.07, 6.45) is 0. The third-order valence-electron chi connectivity index (χ3n) is 1.44. The standard InChI is InChI=1S/C9H10O3/c1-7-4-2-3-5-8(7)12-6-9(10)11/h2-5H,6H2,1H3,(H,10,11)/p-1. The van der Waals surface area contributed by atoms with Gasteiger partial charge in [0.1, 0.15) is 12.4 Å². The number of carboxylic acid groups (broad SMARTS) is 1. The molecule has 1 aromatic carbocycles. The van der Waals surface area contributed by atoms with Crippen molar-refractivity contribution in [1.82, 2.24) is 0 Å². The van der Waals surface area contributed by atoms with E-state index in [2.05, 4.69) is 0 Å². The van der Waals surface area contributed by atoms with Crippen molar-refractivity contribution in [1.29, 1.82) is 0 Å². The lowest BCUT2D eigenvalue weighted by Gasteiger charge is -2.08. The summed E-state index contributed by atoms with van der Waals surface area (Å²) in [7, 11) is 0. The average Bonchev–Trinajstić information content (AvgIpc) is 2.03. The lowest BCUT2D eigenvalue weighted by atomic mass is 10.2. The zero-order valence-electron chi connectivity index (χ0n) is 6.74. The van der Waals surface area contributed by atoms with E-state index in [0.717, 1.165) is 5.56 Å². The molecule has 0 radical (unpaired) electrons. The third kappa shape index (κ3) is 2.27. The first kappa shape index (κ1) is 8.59. The van der Waals surface area contributed by atoms with E-state index in [1.54, 1.807) is 12.1 Å². The number of para-hydroxylation sites is 1. The Morgan fingerprint density at radius 1 is 1.50 bits per heavy atom. The van der Waals surface area contributed by atoms with Crippen molar-refractivity contribution in [3.63, 3.8) is 0 Å². The first-order valence-corrected chi connectivity index (χ1v) is 3.58. The number of hydrogen-bond donors (Lipinski definition) is 0. The number of ether oxygens (including phenoxy) is 1. The fraction of sp³-hybridized carbons (Fsp3) is 0.222. The molecule has 0 saturated heterocycles. The minimum Gasteiger partial charge on any atom is -0.546 e. The molecule has 0 aliphatic carbocycles. The molecule has 0 aromatic heterocycles. The van der Waals surface area contributed by atoms with Gasteiger partial charge in [0.2, 0.25) is 0 Å². The average molecular weight is 165 g/mol. The van der Waals surface area contributed by atoms with E-state index in [0.29, 0.717) is 5.75 Å². The van der Waals surface area contributed by atoms with Gasteiger partial charge in [-0.1, -0.05) is 18.2 Å². The number of benzene rings is 1. The second-order valence-corrected chi connectivity index (χ2v) is 2.43. The van der Waals surface area contributed by atoms with Crippen LogP contribution in [0.25, 0.3) is 0 Å². The van der Waals surface area contributed by atoms with E-state index >= 15 is 0 Å². The summed E-state index contributed by atoms with van der Waals surface area (Å²) in [5, 5.41) is 10.0. The van der Waals surface area contributed by atoms with Gasteiger partial charge in [0, 0.05) is 0 Å². The zero-order chi connectivity index (χ0) is 8.97. The molecule has 0 aliphatic heterocycles. The van der Waals surface area contributed by atoms with Crippen molar-refractivity contribution in [2.75, 3.05) is 6.61 Å². The highest BCUT2D eigenvalue weighted by Gasteiger charge is 1.95. The van der Waals surface area contributed by atoms with Crippen LogP contribution in [0.1, 0.15) is 5.56 Å². The molecule has 0 heterocycles. The van der Waals surface area contributed by atoms with Crippen LogP contribution in [0.4, 0.5) is 0 Å². The number of rotatable bonds is 3. The van der Waals surface area contributed by atoms with Crippen molar-refractivity contribution in [3.8, 4) is 5.75 Å². The highest BCUT2D eigenvalue weighted by molar-refractivity contribution is 5.66. The lowest BCUT2D eigenvalue weighted by molar-refractivity contribution is -0.307. The maximum atomic E-state index is 10.0. The second kappa shape index (κ2) is 3.76. The highest BCUT2D eigenvalue weighted by atomic mass is 16.5. The number of carboxylic acids is 1. The minimum absolute atomic E-state index is 0.398. The van der Waals surface area contributed by atoms with E-state index in [1.807, 2.05) is 19.1 Å². The predicted octanol–water partition coefficient (Wildman–Crippen LogP) is 0.124. The maximum Gasteiger partial charge on any atom is 0.128 e. The monoisotopic (exact) mass is 165 g/mol. The van der Waals surface area contributed by atoms with E-state index in [9.17, 15) is 9.90 Å². The molecule has 0 atom stereocenters. The molecule has 0 N–H and O–H groups in total. The second-order valence-electron chi connectivity index (χ2n) is 2.43. The first-order valence-electron chi connectivity index (χ1n) is 3.58. The number of aryl methyl sites for hydroxylation is 1. The van der Waals surface area contributed by atoms with Crippen LogP contribution in [0.5, 0.6) is 5.75 Å². The van der Waals surface area contributed by atoms with Gasteiger partial charge in [0.05, 0.1) is 5.97 Å². The Balaban J connectivity index is 2.63. The number of carbonyl (C=O) groups excluding carboxylic acids is 1. The van der Waals surface area contributed by atoms with Crippen molar-refractivity contribution >= 4 is 5.97 Å². The van der Waals surface area contributed by atoms with Crippen LogP contribution in [0.2, 0.25) is 0 Å². The van der Waals surface area contributed by atoms with Crippen molar-refractivity contribution in [2.24, 2.45) is 0 Å². The van der Waals surface area contributed by atoms with Crippen LogP contribution in [0.3, 0.4) is 0 Å². The van der Waals surface area contributed by atoms with E-state index in [-0.39, 0.29) is 0 Å². The SMILES string of the molecule is Cc1ccccc1OCC(=O)[O-]. The third-order valence-corrected chi connectivity index (χ3v) is 1.44. The summed E-state index contributed by atoms with van der Waals surface area (Å²) in [4.78, 5) is 10.0. The largest absolute Gasteiger partial charge is 0.546 e. The van der Waals surface area contributed by atoms with Crippen LogP contribution >= 0.6 is 0 Å². The topological polar surface area (TPSA) is 49.4 Å². The van der Waals surface area contributed by atoms with Crippen molar-refractivity contribution in [2.45, 2.75) is 6.92 Å². The van der Waals surface area contributed by atoms with Gasteiger partial charge in [-0.15, -0.1) is 0 Å². The smallest absolute Gasteiger partial charge is 0.128 e. The Bertz CT molecular complexity index is 281.